The molecule has 2 aromatic heterocycles. The quantitative estimate of drug-likeness (QED) is 0.848. The predicted molar refractivity (Wildman–Crippen MR) is 55.5 cm³/mol. The van der Waals surface area contributed by atoms with E-state index in [1.54, 1.807) is 0 Å². The lowest BCUT2D eigenvalue weighted by Crippen LogP contribution is -2.11. The summed E-state index contributed by atoms with van der Waals surface area (Å²) in [6.45, 7) is 0. The van der Waals surface area contributed by atoms with Gasteiger partial charge in [0.15, 0.2) is 10.0 Å². The predicted octanol–water partition coefficient (Wildman–Crippen LogP) is 2.08. The van der Waals surface area contributed by atoms with Crippen molar-refractivity contribution in [2.75, 3.05) is 5.73 Å². The molecule has 0 aliphatic carbocycles. The summed E-state index contributed by atoms with van der Waals surface area (Å²) in [7, 11) is 0. The average molecular weight is 279 g/mol. The first-order valence-corrected chi connectivity index (χ1v) is 5.70. The Morgan fingerprint density at radius 2 is 2.06 bits per heavy atom. The zero-order valence-electron chi connectivity index (χ0n) is 7.97. The molecule has 5 nitrogen and oxygen atoms in total. The summed E-state index contributed by atoms with van der Waals surface area (Å²) in [4.78, 5) is 10.6. The number of aromatic nitrogens is 4. The second-order valence-corrected chi connectivity index (χ2v) is 4.80. The number of halogens is 3. The second kappa shape index (κ2) is 4.45. The summed E-state index contributed by atoms with van der Waals surface area (Å²) in [5.74, 6) is -0.424. The van der Waals surface area contributed by atoms with E-state index >= 15 is 0 Å². The average Bonchev–Trinajstić information content (AvgIpc) is 2.68. The van der Waals surface area contributed by atoms with Crippen molar-refractivity contribution in [1.29, 1.82) is 0 Å². The van der Waals surface area contributed by atoms with Crippen LogP contribution in [0.1, 0.15) is 5.69 Å². The first-order chi connectivity index (χ1) is 7.95. The maximum absolute atomic E-state index is 12.4. The lowest BCUT2D eigenvalue weighted by atomic mass is 10.4. The highest BCUT2D eigenvalue weighted by atomic mass is 32.2. The van der Waals surface area contributed by atoms with Crippen molar-refractivity contribution < 1.29 is 13.2 Å². The molecule has 10 heteroatoms. The molecule has 0 aromatic carbocycles. The Balaban J connectivity index is 2.32. The van der Waals surface area contributed by atoms with Crippen LogP contribution in [0.15, 0.2) is 21.8 Å². The first kappa shape index (κ1) is 12.0. The van der Waals surface area contributed by atoms with Crippen LogP contribution in [0.4, 0.5) is 19.1 Å². The van der Waals surface area contributed by atoms with E-state index in [1.807, 2.05) is 0 Å². The zero-order valence-corrected chi connectivity index (χ0v) is 9.60. The Morgan fingerprint density at radius 3 is 2.65 bits per heavy atom. The number of nitrogens with zero attached hydrogens (tertiary/aromatic N) is 4. The summed E-state index contributed by atoms with van der Waals surface area (Å²) in [5, 5.41) is 0.0848. The molecule has 0 aliphatic rings. The van der Waals surface area contributed by atoms with Crippen molar-refractivity contribution in [3.63, 3.8) is 0 Å². The van der Waals surface area contributed by atoms with Gasteiger partial charge in [0.05, 0.1) is 0 Å². The minimum Gasteiger partial charge on any atom is -0.368 e. The molecule has 0 fully saturated rings. The minimum absolute atomic E-state index is 0.0848. The second-order valence-electron chi connectivity index (χ2n) is 2.76. The lowest BCUT2D eigenvalue weighted by Gasteiger charge is -2.07. The summed E-state index contributed by atoms with van der Waals surface area (Å²) >= 11 is 2.01. The van der Waals surface area contributed by atoms with Crippen LogP contribution in [0.5, 0.6) is 0 Å². The molecule has 2 aromatic rings. The van der Waals surface area contributed by atoms with Crippen LogP contribution in [0.3, 0.4) is 0 Å². The zero-order chi connectivity index (χ0) is 12.5. The molecule has 2 heterocycles. The summed E-state index contributed by atoms with van der Waals surface area (Å²) in [5.41, 5.74) is 4.14. The van der Waals surface area contributed by atoms with Gasteiger partial charge in [-0.3, -0.25) is 0 Å². The third kappa shape index (κ3) is 3.03. The summed E-state index contributed by atoms with van der Waals surface area (Å²) in [6, 6.07) is 0.822. The van der Waals surface area contributed by atoms with E-state index in [0.717, 1.165) is 29.4 Å². The lowest BCUT2D eigenvalue weighted by molar-refractivity contribution is -0.141. The fraction of sp³-hybridized carbons (Fsp3) is 0.143. The highest BCUT2D eigenvalue weighted by Crippen LogP contribution is 2.32. The van der Waals surface area contributed by atoms with E-state index in [9.17, 15) is 13.2 Å². The van der Waals surface area contributed by atoms with Crippen molar-refractivity contribution in [3.8, 4) is 0 Å². The Kier molecular flexibility index (Phi) is 3.15. The Hall–Kier alpha value is -1.42. The molecule has 2 rings (SSSR count). The summed E-state index contributed by atoms with van der Waals surface area (Å²) in [6.07, 6.45) is -3.24. The SMILES string of the molecule is Nc1nc(Sc2ncns2)cc(C(F)(F)F)n1. The van der Waals surface area contributed by atoms with E-state index in [4.69, 9.17) is 5.73 Å². The molecule has 17 heavy (non-hydrogen) atoms. The smallest absolute Gasteiger partial charge is 0.368 e. The highest BCUT2D eigenvalue weighted by Gasteiger charge is 2.33. The maximum Gasteiger partial charge on any atom is 0.433 e. The van der Waals surface area contributed by atoms with Crippen LogP contribution in [-0.4, -0.2) is 19.3 Å². The van der Waals surface area contributed by atoms with Gasteiger partial charge < -0.3 is 5.73 Å². The van der Waals surface area contributed by atoms with Crippen LogP contribution in [-0.2, 0) is 6.18 Å². The van der Waals surface area contributed by atoms with Gasteiger partial charge in [-0.15, -0.1) is 0 Å². The van der Waals surface area contributed by atoms with Crippen molar-refractivity contribution >= 4 is 29.2 Å². The van der Waals surface area contributed by atoms with Gasteiger partial charge in [0.1, 0.15) is 11.4 Å². The van der Waals surface area contributed by atoms with Gasteiger partial charge in [0, 0.05) is 6.07 Å². The van der Waals surface area contributed by atoms with E-state index in [1.165, 1.54) is 6.33 Å². The maximum atomic E-state index is 12.4. The van der Waals surface area contributed by atoms with Crippen molar-refractivity contribution in [1.82, 2.24) is 19.3 Å². The number of rotatable bonds is 2. The fourth-order valence-electron chi connectivity index (χ4n) is 0.938. The third-order valence-electron chi connectivity index (χ3n) is 1.54. The number of anilines is 1. The number of nitrogens with two attached hydrogens (primary N) is 1. The third-order valence-corrected chi connectivity index (χ3v) is 3.18. The van der Waals surface area contributed by atoms with Gasteiger partial charge in [0.25, 0.3) is 0 Å². The Morgan fingerprint density at radius 1 is 1.29 bits per heavy atom. The first-order valence-electron chi connectivity index (χ1n) is 4.11. The molecule has 2 N–H and O–H groups in total. The van der Waals surface area contributed by atoms with Crippen molar-refractivity contribution in [2.24, 2.45) is 0 Å². The number of alkyl halides is 3. The molecule has 0 bridgehead atoms. The molecule has 0 spiro atoms. The highest BCUT2D eigenvalue weighted by molar-refractivity contribution is 8.00. The van der Waals surface area contributed by atoms with Gasteiger partial charge >= 0.3 is 6.18 Å². The van der Waals surface area contributed by atoms with E-state index in [2.05, 4.69) is 19.3 Å². The molecule has 0 atom stereocenters. The van der Waals surface area contributed by atoms with Gasteiger partial charge in [-0.2, -0.15) is 17.5 Å². The fourth-order valence-corrected chi connectivity index (χ4v) is 2.34. The molecule has 90 valence electrons. The van der Waals surface area contributed by atoms with Crippen LogP contribution < -0.4 is 5.73 Å². The van der Waals surface area contributed by atoms with Gasteiger partial charge in [0.2, 0.25) is 5.95 Å². The summed E-state index contributed by atoms with van der Waals surface area (Å²) < 4.78 is 41.5. The molecule has 0 unspecified atom stereocenters. The molecular weight excluding hydrogens is 275 g/mol. The number of nitrogen functional groups attached to an aromatic ring is 1. The van der Waals surface area contributed by atoms with Crippen LogP contribution in [0.2, 0.25) is 0 Å². The topological polar surface area (TPSA) is 77.6 Å². The van der Waals surface area contributed by atoms with Crippen molar-refractivity contribution in [3.05, 3.63) is 18.1 Å². The standard InChI is InChI=1S/C7H4F3N5S2/c8-7(9,10)3-1-4(15-5(11)14-3)16-6-12-2-13-17-6/h1-2H,(H2,11,14,15). The molecular formula is C7H4F3N5S2. The number of hydrogen-bond donors (Lipinski definition) is 1. The molecule has 0 aliphatic heterocycles. The monoisotopic (exact) mass is 279 g/mol. The van der Waals surface area contributed by atoms with E-state index in [-0.39, 0.29) is 5.03 Å². The van der Waals surface area contributed by atoms with Crippen molar-refractivity contribution in [2.45, 2.75) is 15.5 Å². The molecule has 0 saturated heterocycles. The molecule has 0 amide bonds. The molecule has 0 saturated carbocycles. The number of hydrogen-bond acceptors (Lipinski definition) is 7. The van der Waals surface area contributed by atoms with Crippen LogP contribution >= 0.6 is 23.3 Å². The Bertz CT molecular complexity index is 513. The van der Waals surface area contributed by atoms with E-state index in [0.29, 0.717) is 4.34 Å². The van der Waals surface area contributed by atoms with Crippen LogP contribution in [0, 0.1) is 0 Å². The van der Waals surface area contributed by atoms with Crippen LogP contribution in [0.25, 0.3) is 0 Å². The Labute approximate surface area is 101 Å². The minimum atomic E-state index is -4.55. The largest absolute Gasteiger partial charge is 0.433 e. The van der Waals surface area contributed by atoms with Gasteiger partial charge in [-0.05, 0) is 23.3 Å². The van der Waals surface area contributed by atoms with E-state index < -0.39 is 17.8 Å². The molecule has 0 radical (unpaired) electrons. The van der Waals surface area contributed by atoms with Gasteiger partial charge in [-0.25, -0.2) is 15.0 Å². The van der Waals surface area contributed by atoms with Gasteiger partial charge in [-0.1, -0.05) is 0 Å². The normalized spacial score (nSPS) is 11.7.